The van der Waals surface area contributed by atoms with Gasteiger partial charge >= 0.3 is 0 Å². The molecule has 0 saturated carbocycles. The number of hydrogen-bond donors (Lipinski definition) is 1. The van der Waals surface area contributed by atoms with E-state index in [4.69, 9.17) is 0 Å². The Morgan fingerprint density at radius 1 is 1.26 bits per heavy atom. The third-order valence-electron chi connectivity index (χ3n) is 2.32. The van der Waals surface area contributed by atoms with Gasteiger partial charge < -0.3 is 5.32 Å². The predicted octanol–water partition coefficient (Wildman–Crippen LogP) is 1.89. The average molecular weight is 281 g/mol. The highest BCUT2D eigenvalue weighted by molar-refractivity contribution is 7.93. The minimum absolute atomic E-state index is 0.0954. The normalized spacial score (nSPS) is 11.9. The highest BCUT2D eigenvalue weighted by Crippen LogP contribution is 2.06. The van der Waals surface area contributed by atoms with E-state index in [1.165, 1.54) is 0 Å². The summed E-state index contributed by atoms with van der Waals surface area (Å²) in [6.07, 6.45) is 1.07. The van der Waals surface area contributed by atoms with E-state index in [0.717, 1.165) is 11.5 Å². The van der Waals surface area contributed by atoms with Crippen LogP contribution >= 0.6 is 0 Å². The van der Waals surface area contributed by atoms with Gasteiger partial charge in [-0.3, -0.25) is 4.79 Å². The van der Waals surface area contributed by atoms with Crippen molar-refractivity contribution in [1.82, 2.24) is 5.32 Å². The molecule has 1 aromatic carbocycles. The number of hydrogen-bond acceptors (Lipinski definition) is 3. The maximum Gasteiger partial charge on any atom is 0.244 e. The molecule has 0 aromatic heterocycles. The van der Waals surface area contributed by atoms with E-state index in [-0.39, 0.29) is 11.7 Å². The number of amides is 1. The van der Waals surface area contributed by atoms with Crippen LogP contribution in [0.15, 0.2) is 41.8 Å². The van der Waals surface area contributed by atoms with Gasteiger partial charge in [0.15, 0.2) is 9.84 Å². The zero-order chi connectivity index (χ0) is 14.3. The van der Waals surface area contributed by atoms with Gasteiger partial charge in [0.25, 0.3) is 0 Å². The van der Waals surface area contributed by atoms with Crippen LogP contribution in [-0.4, -0.2) is 20.9 Å². The Bertz CT molecular complexity index is 533. The van der Waals surface area contributed by atoms with E-state index in [0.29, 0.717) is 18.0 Å². The lowest BCUT2D eigenvalue weighted by molar-refractivity contribution is -0.116. The van der Waals surface area contributed by atoms with Crippen molar-refractivity contribution in [1.29, 1.82) is 0 Å². The molecule has 0 aliphatic rings. The zero-order valence-electron chi connectivity index (χ0n) is 11.2. The first kappa shape index (κ1) is 15.4. The van der Waals surface area contributed by atoms with Gasteiger partial charge in [0, 0.05) is 18.0 Å². The molecule has 1 amide bonds. The summed E-state index contributed by atoms with van der Waals surface area (Å²) in [5.74, 6) is -0.148. The fraction of sp³-hybridized carbons (Fsp3) is 0.357. The minimum atomic E-state index is -3.41. The molecule has 0 radical (unpaired) electrons. The molecule has 0 bridgehead atoms. The van der Waals surface area contributed by atoms with E-state index < -0.39 is 9.84 Å². The second-order valence-corrected chi connectivity index (χ2v) is 6.62. The molecule has 0 saturated heterocycles. The standard InChI is InChI=1S/C14H19NO3S/c1-12(2)10-15-14(16)8-9-19(17,18)11-13-6-4-3-5-7-13/h3-9,12H,10-11H2,1-2H3,(H,15,16)/b9-8-. The maximum atomic E-state index is 11.8. The fourth-order valence-corrected chi connectivity index (χ4v) is 2.47. The molecule has 0 spiro atoms. The maximum absolute atomic E-state index is 11.8. The summed E-state index contributed by atoms with van der Waals surface area (Å²) < 4.78 is 23.6. The topological polar surface area (TPSA) is 63.2 Å². The third-order valence-corrected chi connectivity index (χ3v) is 3.61. The lowest BCUT2D eigenvalue weighted by Crippen LogP contribution is -2.25. The molecule has 1 aromatic rings. The van der Waals surface area contributed by atoms with Gasteiger partial charge in [-0.1, -0.05) is 44.2 Å². The van der Waals surface area contributed by atoms with Crippen molar-refractivity contribution in [3.63, 3.8) is 0 Å². The highest BCUT2D eigenvalue weighted by Gasteiger charge is 2.08. The monoisotopic (exact) mass is 281 g/mol. The van der Waals surface area contributed by atoms with Crippen molar-refractivity contribution in [2.24, 2.45) is 5.92 Å². The number of nitrogens with one attached hydrogen (secondary N) is 1. The molecule has 4 nitrogen and oxygen atoms in total. The van der Waals surface area contributed by atoms with Crippen LogP contribution < -0.4 is 5.32 Å². The summed E-state index contributed by atoms with van der Waals surface area (Å²) in [4.78, 5) is 11.4. The Hall–Kier alpha value is -1.62. The highest BCUT2D eigenvalue weighted by atomic mass is 32.2. The first-order valence-electron chi connectivity index (χ1n) is 6.11. The SMILES string of the molecule is CC(C)CNC(=O)/C=C\S(=O)(=O)Cc1ccccc1. The molecule has 5 heteroatoms. The first-order valence-corrected chi connectivity index (χ1v) is 7.83. The largest absolute Gasteiger partial charge is 0.352 e. The van der Waals surface area contributed by atoms with Crippen LogP contribution in [-0.2, 0) is 20.4 Å². The van der Waals surface area contributed by atoms with E-state index in [1.807, 2.05) is 19.9 Å². The number of carbonyl (C=O) groups is 1. The molecule has 0 aliphatic heterocycles. The predicted molar refractivity (Wildman–Crippen MR) is 76.1 cm³/mol. The summed E-state index contributed by atoms with van der Waals surface area (Å²) in [6.45, 7) is 4.47. The quantitative estimate of drug-likeness (QED) is 0.810. The van der Waals surface area contributed by atoms with Crippen molar-refractivity contribution in [2.75, 3.05) is 6.54 Å². The molecule has 104 valence electrons. The second-order valence-electron chi connectivity index (χ2n) is 4.73. The van der Waals surface area contributed by atoms with Gasteiger partial charge in [0.2, 0.25) is 5.91 Å². The van der Waals surface area contributed by atoms with Gasteiger partial charge in [-0.15, -0.1) is 0 Å². The molecule has 0 aliphatic carbocycles. The molecule has 1 N–H and O–H groups in total. The molecule has 1 rings (SSSR count). The van der Waals surface area contributed by atoms with Crippen LogP contribution in [0.4, 0.5) is 0 Å². The van der Waals surface area contributed by atoms with Crippen LogP contribution in [0, 0.1) is 5.92 Å². The van der Waals surface area contributed by atoms with E-state index in [2.05, 4.69) is 5.32 Å². The lowest BCUT2D eigenvalue weighted by atomic mass is 10.2. The molecular weight excluding hydrogens is 262 g/mol. The van der Waals surface area contributed by atoms with Gasteiger partial charge in [-0.25, -0.2) is 8.42 Å². The van der Waals surface area contributed by atoms with Gasteiger partial charge in [-0.2, -0.15) is 0 Å². The van der Waals surface area contributed by atoms with Crippen LogP contribution in [0.2, 0.25) is 0 Å². The van der Waals surface area contributed by atoms with Gasteiger partial charge in [0.1, 0.15) is 0 Å². The number of rotatable bonds is 6. The number of sulfone groups is 1. The smallest absolute Gasteiger partial charge is 0.244 e. The Labute approximate surface area is 114 Å². The zero-order valence-corrected chi connectivity index (χ0v) is 12.0. The molecule has 0 heterocycles. The van der Waals surface area contributed by atoms with Crippen LogP contribution in [0.5, 0.6) is 0 Å². The molecule has 0 atom stereocenters. The Kier molecular flexibility index (Phi) is 5.76. The van der Waals surface area contributed by atoms with Crippen molar-refractivity contribution < 1.29 is 13.2 Å². The lowest BCUT2D eigenvalue weighted by Gasteiger charge is -2.04. The first-order chi connectivity index (χ1) is 8.89. The summed E-state index contributed by atoms with van der Waals surface area (Å²) >= 11 is 0. The van der Waals surface area contributed by atoms with Crippen LogP contribution in [0.1, 0.15) is 19.4 Å². The van der Waals surface area contributed by atoms with Crippen molar-refractivity contribution >= 4 is 15.7 Å². The number of carbonyl (C=O) groups excluding carboxylic acids is 1. The van der Waals surface area contributed by atoms with Crippen LogP contribution in [0.3, 0.4) is 0 Å². The Balaban J connectivity index is 2.57. The summed E-state index contributed by atoms with van der Waals surface area (Å²) in [5, 5.41) is 3.60. The number of benzene rings is 1. The molecular formula is C14H19NO3S. The van der Waals surface area contributed by atoms with Crippen molar-refractivity contribution in [3.05, 3.63) is 47.4 Å². The minimum Gasteiger partial charge on any atom is -0.352 e. The van der Waals surface area contributed by atoms with Crippen molar-refractivity contribution in [3.8, 4) is 0 Å². The van der Waals surface area contributed by atoms with E-state index in [1.54, 1.807) is 24.3 Å². The summed E-state index contributed by atoms with van der Waals surface area (Å²) in [6, 6.07) is 8.87. The van der Waals surface area contributed by atoms with E-state index >= 15 is 0 Å². The van der Waals surface area contributed by atoms with Crippen molar-refractivity contribution in [2.45, 2.75) is 19.6 Å². The van der Waals surface area contributed by atoms with Gasteiger partial charge in [-0.05, 0) is 11.5 Å². The fourth-order valence-electron chi connectivity index (χ4n) is 1.38. The third kappa shape index (κ3) is 6.76. The summed E-state index contributed by atoms with van der Waals surface area (Å²) in [5.41, 5.74) is 0.703. The molecule has 0 fully saturated rings. The Morgan fingerprint density at radius 3 is 2.47 bits per heavy atom. The van der Waals surface area contributed by atoms with Crippen LogP contribution in [0.25, 0.3) is 0 Å². The van der Waals surface area contributed by atoms with Gasteiger partial charge in [0.05, 0.1) is 5.75 Å². The average Bonchev–Trinajstić information content (AvgIpc) is 2.34. The Morgan fingerprint density at radius 2 is 1.89 bits per heavy atom. The summed E-state index contributed by atoms with van der Waals surface area (Å²) in [7, 11) is -3.41. The van der Waals surface area contributed by atoms with E-state index in [9.17, 15) is 13.2 Å². The molecule has 0 unspecified atom stereocenters. The second kappa shape index (κ2) is 7.09. The molecule has 19 heavy (non-hydrogen) atoms.